The maximum Gasteiger partial charge on any atom is 0.500 e. The van der Waals surface area contributed by atoms with Crippen LogP contribution in [-0.4, -0.2) is 35.2 Å². The summed E-state index contributed by atoms with van der Waals surface area (Å²) in [6.45, 7) is 8.77. The molecule has 1 aromatic carbocycles. The van der Waals surface area contributed by atoms with Gasteiger partial charge in [0, 0.05) is 38.1 Å². The van der Waals surface area contributed by atoms with Crippen LogP contribution in [0.4, 0.5) is 5.69 Å². The number of anilines is 1. The van der Waals surface area contributed by atoms with Crippen LogP contribution in [0.1, 0.15) is 27.2 Å². The second-order valence-electron chi connectivity index (χ2n) is 4.38. The van der Waals surface area contributed by atoms with E-state index in [4.69, 9.17) is 13.3 Å². The van der Waals surface area contributed by atoms with Crippen LogP contribution in [0.2, 0.25) is 6.04 Å². The quantitative estimate of drug-likeness (QED) is 0.501. The number of rotatable bonds is 11. The average Bonchev–Trinajstić information content (AvgIpc) is 2.46. The molecule has 0 saturated carbocycles. The van der Waals surface area contributed by atoms with Crippen LogP contribution in [0.3, 0.4) is 0 Å². The molecule has 5 heteroatoms. The van der Waals surface area contributed by atoms with E-state index in [1.165, 1.54) is 0 Å². The Morgan fingerprint density at radius 2 is 1.45 bits per heavy atom. The molecule has 1 aromatic rings. The van der Waals surface area contributed by atoms with Crippen molar-refractivity contribution in [2.45, 2.75) is 33.2 Å². The second-order valence-corrected chi connectivity index (χ2v) is 7.11. The summed E-state index contributed by atoms with van der Waals surface area (Å²) in [5, 5.41) is 3.40. The largest absolute Gasteiger partial charge is 0.500 e. The lowest BCUT2D eigenvalue weighted by Gasteiger charge is -2.28. The summed E-state index contributed by atoms with van der Waals surface area (Å²) in [5.74, 6) is 0. The van der Waals surface area contributed by atoms with Crippen molar-refractivity contribution in [3.63, 3.8) is 0 Å². The van der Waals surface area contributed by atoms with E-state index < -0.39 is 8.80 Å². The minimum Gasteiger partial charge on any atom is -0.385 e. The molecule has 1 rings (SSSR count). The van der Waals surface area contributed by atoms with E-state index in [1.807, 2.05) is 39.0 Å². The fourth-order valence-electron chi connectivity index (χ4n) is 2.09. The summed E-state index contributed by atoms with van der Waals surface area (Å²) in [4.78, 5) is 0. The molecule has 0 unspecified atom stereocenters. The molecule has 0 amide bonds. The predicted octanol–water partition coefficient (Wildman–Crippen LogP) is 3.54. The van der Waals surface area contributed by atoms with Gasteiger partial charge in [0.2, 0.25) is 0 Å². The highest BCUT2D eigenvalue weighted by atomic mass is 28.4. The van der Waals surface area contributed by atoms with Crippen molar-refractivity contribution in [2.75, 3.05) is 31.7 Å². The van der Waals surface area contributed by atoms with Crippen LogP contribution in [-0.2, 0) is 13.3 Å². The van der Waals surface area contributed by atoms with E-state index >= 15 is 0 Å². The molecule has 0 radical (unpaired) electrons. The van der Waals surface area contributed by atoms with Gasteiger partial charge in [-0.1, -0.05) is 18.2 Å². The summed E-state index contributed by atoms with van der Waals surface area (Å²) in [6.07, 6.45) is 0.973. The van der Waals surface area contributed by atoms with Gasteiger partial charge < -0.3 is 18.6 Å². The van der Waals surface area contributed by atoms with Crippen molar-refractivity contribution in [1.82, 2.24) is 0 Å². The predicted molar refractivity (Wildman–Crippen MR) is 85.0 cm³/mol. The number of hydrogen-bond acceptors (Lipinski definition) is 4. The Morgan fingerprint density at radius 3 is 1.95 bits per heavy atom. The summed E-state index contributed by atoms with van der Waals surface area (Å²) in [6, 6.07) is 11.1. The zero-order valence-corrected chi connectivity index (χ0v) is 13.9. The highest BCUT2D eigenvalue weighted by Crippen LogP contribution is 2.18. The maximum atomic E-state index is 5.83. The summed E-state index contributed by atoms with van der Waals surface area (Å²) in [5.41, 5.74) is 1.14. The molecule has 0 spiro atoms. The Morgan fingerprint density at radius 1 is 0.900 bits per heavy atom. The number of nitrogens with one attached hydrogen (secondary N) is 1. The van der Waals surface area contributed by atoms with Crippen LogP contribution in [0, 0.1) is 0 Å². The highest BCUT2D eigenvalue weighted by Gasteiger charge is 2.39. The molecule has 0 aromatic heterocycles. The molecular weight excluding hydrogens is 270 g/mol. The van der Waals surface area contributed by atoms with E-state index in [0.717, 1.165) is 24.7 Å². The third-order valence-electron chi connectivity index (χ3n) is 2.86. The van der Waals surface area contributed by atoms with Gasteiger partial charge in [0.1, 0.15) is 0 Å². The number of benzene rings is 1. The molecule has 0 aliphatic heterocycles. The number of hydrogen-bond donors (Lipinski definition) is 1. The van der Waals surface area contributed by atoms with Gasteiger partial charge in [-0.3, -0.25) is 0 Å². The summed E-state index contributed by atoms with van der Waals surface area (Å²) in [7, 11) is -2.47. The van der Waals surface area contributed by atoms with Crippen molar-refractivity contribution >= 4 is 14.5 Å². The van der Waals surface area contributed by atoms with Gasteiger partial charge in [-0.2, -0.15) is 0 Å². The monoisotopic (exact) mass is 297 g/mol. The lowest BCUT2D eigenvalue weighted by molar-refractivity contribution is 0.0710. The van der Waals surface area contributed by atoms with Gasteiger partial charge in [0.25, 0.3) is 0 Å². The first-order valence-electron chi connectivity index (χ1n) is 7.47. The molecule has 0 aliphatic carbocycles. The van der Waals surface area contributed by atoms with Crippen LogP contribution >= 0.6 is 0 Å². The third kappa shape index (κ3) is 6.05. The Bertz CT molecular complexity index is 331. The van der Waals surface area contributed by atoms with E-state index in [9.17, 15) is 0 Å². The standard InChI is InChI=1S/C15H27NO3Si/c1-4-17-20(18-5-2,19-6-3)14-10-13-16-15-11-8-7-9-12-15/h7-9,11-12,16H,4-6,10,13-14H2,1-3H3. The highest BCUT2D eigenvalue weighted by molar-refractivity contribution is 6.60. The molecule has 0 heterocycles. The summed E-state index contributed by atoms with van der Waals surface area (Å²) < 4.78 is 17.5. The first kappa shape index (κ1) is 17.2. The summed E-state index contributed by atoms with van der Waals surface area (Å²) >= 11 is 0. The molecule has 20 heavy (non-hydrogen) atoms. The topological polar surface area (TPSA) is 39.7 Å². The smallest absolute Gasteiger partial charge is 0.385 e. The first-order valence-corrected chi connectivity index (χ1v) is 9.40. The second kappa shape index (κ2) is 9.93. The van der Waals surface area contributed by atoms with E-state index in [2.05, 4.69) is 17.4 Å². The number of para-hydroxylation sites is 1. The minimum atomic E-state index is -2.47. The molecule has 1 N–H and O–H groups in total. The van der Waals surface area contributed by atoms with Gasteiger partial charge in [0.05, 0.1) is 0 Å². The van der Waals surface area contributed by atoms with E-state index in [-0.39, 0.29) is 0 Å². The normalized spacial score (nSPS) is 11.6. The van der Waals surface area contributed by atoms with Crippen LogP contribution in [0.25, 0.3) is 0 Å². The van der Waals surface area contributed by atoms with Crippen molar-refractivity contribution in [3.05, 3.63) is 30.3 Å². The molecule has 114 valence electrons. The lowest BCUT2D eigenvalue weighted by atomic mass is 10.3. The van der Waals surface area contributed by atoms with Crippen LogP contribution < -0.4 is 5.32 Å². The van der Waals surface area contributed by atoms with Gasteiger partial charge in [0.15, 0.2) is 0 Å². The molecule has 0 saturated heterocycles. The van der Waals surface area contributed by atoms with Gasteiger partial charge in [-0.25, -0.2) is 0 Å². The zero-order chi connectivity index (χ0) is 14.7. The SMILES string of the molecule is CCO[Si](CCCNc1ccccc1)(OCC)OCC. The van der Waals surface area contributed by atoms with Crippen molar-refractivity contribution in [3.8, 4) is 0 Å². The fourth-order valence-corrected chi connectivity index (χ4v) is 4.71. The zero-order valence-electron chi connectivity index (χ0n) is 12.9. The van der Waals surface area contributed by atoms with Gasteiger partial charge >= 0.3 is 8.80 Å². The lowest BCUT2D eigenvalue weighted by Crippen LogP contribution is -2.46. The fraction of sp³-hybridized carbons (Fsp3) is 0.600. The van der Waals surface area contributed by atoms with Crippen LogP contribution in [0.15, 0.2) is 30.3 Å². The molecular formula is C15H27NO3Si. The minimum absolute atomic E-state index is 0.637. The first-order chi connectivity index (χ1) is 9.76. The van der Waals surface area contributed by atoms with Gasteiger partial charge in [-0.05, 0) is 39.3 Å². The van der Waals surface area contributed by atoms with Gasteiger partial charge in [-0.15, -0.1) is 0 Å². The molecule has 0 bridgehead atoms. The Labute approximate surface area is 123 Å². The van der Waals surface area contributed by atoms with E-state index in [0.29, 0.717) is 19.8 Å². The maximum absolute atomic E-state index is 5.83. The molecule has 0 aliphatic rings. The Balaban J connectivity index is 2.40. The van der Waals surface area contributed by atoms with E-state index in [1.54, 1.807) is 0 Å². The third-order valence-corrected chi connectivity index (χ3v) is 6.01. The van der Waals surface area contributed by atoms with Crippen molar-refractivity contribution in [1.29, 1.82) is 0 Å². The van der Waals surface area contributed by atoms with Crippen molar-refractivity contribution < 1.29 is 13.3 Å². The molecule has 0 fully saturated rings. The average molecular weight is 297 g/mol. The molecule has 4 nitrogen and oxygen atoms in total. The Hall–Kier alpha value is -0.883. The van der Waals surface area contributed by atoms with Crippen molar-refractivity contribution in [2.24, 2.45) is 0 Å². The van der Waals surface area contributed by atoms with Crippen LogP contribution in [0.5, 0.6) is 0 Å². The Kier molecular flexibility index (Phi) is 8.53. The molecule has 0 atom stereocenters.